The first-order valence-corrected chi connectivity index (χ1v) is 9.91. The number of hydrogen-bond acceptors (Lipinski definition) is 7. The Morgan fingerprint density at radius 1 is 1.43 bits per heavy atom. The zero-order valence-electron chi connectivity index (χ0n) is 17.4. The van der Waals surface area contributed by atoms with Crippen LogP contribution in [0.25, 0.3) is 0 Å². The van der Waals surface area contributed by atoms with Gasteiger partial charge in [0, 0.05) is 11.5 Å². The van der Waals surface area contributed by atoms with Gasteiger partial charge in [0.05, 0.1) is 37.2 Å². The minimum atomic E-state index is -0.754. The van der Waals surface area contributed by atoms with E-state index in [-0.39, 0.29) is 6.04 Å². The van der Waals surface area contributed by atoms with Crippen molar-refractivity contribution in [3.8, 4) is 0 Å². The maximum absolute atomic E-state index is 12.7. The average Bonchev–Trinajstić information content (AvgIpc) is 2.83. The van der Waals surface area contributed by atoms with Gasteiger partial charge in [-0.15, -0.1) is 0 Å². The molecule has 1 saturated heterocycles. The van der Waals surface area contributed by atoms with Gasteiger partial charge < -0.3 is 25.0 Å². The summed E-state index contributed by atoms with van der Waals surface area (Å²) in [6.45, 7) is 10.3. The van der Waals surface area contributed by atoms with E-state index in [1.165, 1.54) is 5.01 Å². The number of halogens is 1. The molecule has 1 aliphatic heterocycles. The first-order chi connectivity index (χ1) is 12.8. The first-order valence-electron chi connectivity index (χ1n) is 9.12. The van der Waals surface area contributed by atoms with Crippen LogP contribution < -0.4 is 16.6 Å². The second-order valence-corrected chi connectivity index (χ2v) is 9.25. The Balaban J connectivity index is 2.04. The van der Waals surface area contributed by atoms with Crippen molar-refractivity contribution in [1.82, 2.24) is 4.90 Å². The fourth-order valence-corrected chi connectivity index (χ4v) is 3.53. The molecule has 9 heteroatoms. The number of carbonyl (C=O) groups excluding carboxylic acids is 1. The molecule has 8 nitrogen and oxygen atoms in total. The number of hydrogen-bond donors (Lipinski definition) is 2. The van der Waals surface area contributed by atoms with Crippen molar-refractivity contribution in [1.29, 1.82) is 0 Å². The maximum atomic E-state index is 12.7. The van der Waals surface area contributed by atoms with Crippen LogP contribution in [-0.4, -0.2) is 48.6 Å². The fraction of sp³-hybridized carbons (Fsp3) is 0.632. The summed E-state index contributed by atoms with van der Waals surface area (Å²) in [4.78, 5) is 14.3. The Morgan fingerprint density at radius 2 is 2.07 bits per heavy atom. The molecular weight excluding hydrogens is 428 g/mol. The summed E-state index contributed by atoms with van der Waals surface area (Å²) >= 11 is 3.44. The van der Waals surface area contributed by atoms with E-state index in [0.29, 0.717) is 31.2 Å². The van der Waals surface area contributed by atoms with Crippen molar-refractivity contribution in [2.24, 2.45) is 5.84 Å². The number of nitrogen functional groups attached to an aromatic ring is 1. The van der Waals surface area contributed by atoms with Crippen LogP contribution in [0.4, 0.5) is 16.2 Å². The number of ether oxygens (including phenoxy) is 3. The second-order valence-electron chi connectivity index (χ2n) is 8.40. The molecule has 158 valence electrons. The van der Waals surface area contributed by atoms with Gasteiger partial charge >= 0.3 is 6.09 Å². The van der Waals surface area contributed by atoms with E-state index in [1.807, 2.05) is 46.8 Å². The van der Waals surface area contributed by atoms with Crippen molar-refractivity contribution in [3.05, 3.63) is 22.2 Å². The zero-order chi connectivity index (χ0) is 21.3. The lowest BCUT2D eigenvalue weighted by atomic mass is 10.1. The molecule has 1 aromatic carbocycles. The summed E-state index contributed by atoms with van der Waals surface area (Å²) in [5, 5.41) is 1.46. The summed E-state index contributed by atoms with van der Waals surface area (Å²) in [7, 11) is 1.72. The number of benzene rings is 1. The molecule has 1 atom stereocenters. The van der Waals surface area contributed by atoms with Crippen molar-refractivity contribution in [2.75, 3.05) is 31.0 Å². The Kier molecular flexibility index (Phi) is 6.86. The minimum absolute atomic E-state index is 0.237. The van der Waals surface area contributed by atoms with Gasteiger partial charge in [-0.3, -0.25) is 4.90 Å². The SMILES string of the molecule is CN(N)c1cc(COCC2COC(C)(C)N2C(=O)OC(C)(C)C)cc(Br)c1N. The van der Waals surface area contributed by atoms with Crippen LogP contribution in [0.2, 0.25) is 0 Å². The molecule has 0 bridgehead atoms. The molecule has 2 rings (SSSR count). The highest BCUT2D eigenvalue weighted by molar-refractivity contribution is 9.10. The minimum Gasteiger partial charge on any atom is -0.444 e. The van der Waals surface area contributed by atoms with Gasteiger partial charge in [0.25, 0.3) is 0 Å². The van der Waals surface area contributed by atoms with Crippen LogP contribution in [0.1, 0.15) is 40.2 Å². The van der Waals surface area contributed by atoms with Crippen LogP contribution >= 0.6 is 15.9 Å². The Labute approximate surface area is 175 Å². The Morgan fingerprint density at radius 3 is 2.64 bits per heavy atom. The van der Waals surface area contributed by atoms with E-state index in [4.69, 9.17) is 25.8 Å². The normalized spacial score (nSPS) is 19.0. The van der Waals surface area contributed by atoms with Gasteiger partial charge in [-0.2, -0.15) is 0 Å². The predicted octanol–water partition coefficient (Wildman–Crippen LogP) is 3.23. The summed E-state index contributed by atoms with van der Waals surface area (Å²) in [6.07, 6.45) is -0.411. The number of nitrogens with zero attached hydrogens (tertiary/aromatic N) is 2. The Bertz CT molecular complexity index is 719. The van der Waals surface area contributed by atoms with E-state index in [0.717, 1.165) is 10.0 Å². The number of amides is 1. The lowest BCUT2D eigenvalue weighted by molar-refractivity contribution is -0.0658. The van der Waals surface area contributed by atoms with Gasteiger partial charge in [0.1, 0.15) is 11.3 Å². The largest absolute Gasteiger partial charge is 0.444 e. The molecule has 0 aliphatic carbocycles. The summed E-state index contributed by atoms with van der Waals surface area (Å²) in [6, 6.07) is 3.53. The highest BCUT2D eigenvalue weighted by atomic mass is 79.9. The molecule has 0 aromatic heterocycles. The smallest absolute Gasteiger partial charge is 0.412 e. The molecule has 1 unspecified atom stereocenters. The third kappa shape index (κ3) is 5.50. The standard InChI is InChI=1S/C19H31BrN4O4/c1-18(2,3)28-17(25)24-13(11-27-19(24,4)5)10-26-9-12-7-14(20)16(21)15(8-12)23(6)22/h7-8,13H,9-11,21-22H2,1-6H3. The quantitative estimate of drug-likeness (QED) is 0.396. The van der Waals surface area contributed by atoms with E-state index >= 15 is 0 Å². The second kappa shape index (κ2) is 8.44. The monoisotopic (exact) mass is 458 g/mol. The third-order valence-electron chi connectivity index (χ3n) is 4.29. The van der Waals surface area contributed by atoms with Crippen LogP contribution in [0.5, 0.6) is 0 Å². The third-order valence-corrected chi connectivity index (χ3v) is 4.95. The summed E-state index contributed by atoms with van der Waals surface area (Å²) in [5.41, 5.74) is 6.87. The molecule has 1 aromatic rings. The van der Waals surface area contributed by atoms with E-state index < -0.39 is 17.4 Å². The topological polar surface area (TPSA) is 103 Å². The van der Waals surface area contributed by atoms with Gasteiger partial charge in [0.15, 0.2) is 0 Å². The first kappa shape index (κ1) is 22.7. The molecule has 4 N–H and O–H groups in total. The lowest BCUT2D eigenvalue weighted by Gasteiger charge is -2.35. The molecular formula is C19H31BrN4O4. The molecule has 1 aliphatic rings. The highest BCUT2D eigenvalue weighted by Gasteiger charge is 2.45. The average molecular weight is 459 g/mol. The molecule has 1 heterocycles. The summed E-state index contributed by atoms with van der Waals surface area (Å²) < 4.78 is 18.0. The molecule has 0 radical (unpaired) electrons. The van der Waals surface area contributed by atoms with Crippen LogP contribution in [0, 0.1) is 0 Å². The van der Waals surface area contributed by atoms with Crippen molar-refractivity contribution in [3.63, 3.8) is 0 Å². The zero-order valence-corrected chi connectivity index (χ0v) is 19.0. The number of hydrazine groups is 1. The number of carbonyl (C=O) groups is 1. The predicted molar refractivity (Wildman–Crippen MR) is 113 cm³/mol. The van der Waals surface area contributed by atoms with Crippen LogP contribution in [-0.2, 0) is 20.8 Å². The van der Waals surface area contributed by atoms with Crippen molar-refractivity contribution in [2.45, 2.75) is 58.6 Å². The van der Waals surface area contributed by atoms with Gasteiger partial charge in [-0.05, 0) is 68.2 Å². The van der Waals surface area contributed by atoms with E-state index in [9.17, 15) is 4.79 Å². The maximum Gasteiger partial charge on any atom is 0.412 e. The molecule has 28 heavy (non-hydrogen) atoms. The Hall–Kier alpha value is -1.55. The van der Waals surface area contributed by atoms with E-state index in [2.05, 4.69) is 15.9 Å². The number of rotatable bonds is 5. The molecule has 0 saturated carbocycles. The van der Waals surface area contributed by atoms with Gasteiger partial charge in [0.2, 0.25) is 0 Å². The molecule has 1 amide bonds. The molecule has 1 fully saturated rings. The van der Waals surface area contributed by atoms with E-state index in [1.54, 1.807) is 11.9 Å². The van der Waals surface area contributed by atoms with Crippen molar-refractivity contribution < 1.29 is 19.0 Å². The number of nitrogens with two attached hydrogens (primary N) is 2. The fourth-order valence-electron chi connectivity index (χ4n) is 3.03. The van der Waals surface area contributed by atoms with Crippen LogP contribution in [0.3, 0.4) is 0 Å². The summed E-state index contributed by atoms with van der Waals surface area (Å²) in [5.74, 6) is 5.83. The molecule has 0 spiro atoms. The lowest BCUT2D eigenvalue weighted by Crippen LogP contribution is -2.51. The van der Waals surface area contributed by atoms with Gasteiger partial charge in [-0.25, -0.2) is 10.6 Å². The van der Waals surface area contributed by atoms with Gasteiger partial charge in [-0.1, -0.05) is 0 Å². The van der Waals surface area contributed by atoms with Crippen LogP contribution in [0.15, 0.2) is 16.6 Å². The highest BCUT2D eigenvalue weighted by Crippen LogP contribution is 2.32. The van der Waals surface area contributed by atoms with Crippen molar-refractivity contribution >= 4 is 33.4 Å². The number of anilines is 2.